The van der Waals surface area contributed by atoms with Crippen LogP contribution in [0.3, 0.4) is 0 Å². The van der Waals surface area contributed by atoms with Gasteiger partial charge in [-0.2, -0.15) is 0 Å². The average molecular weight is 469 g/mol. The molecule has 1 aliphatic rings. The van der Waals surface area contributed by atoms with Gasteiger partial charge in [0.25, 0.3) is 10.0 Å². The molecule has 33 heavy (non-hydrogen) atoms. The maximum atomic E-state index is 13.2. The van der Waals surface area contributed by atoms with Crippen molar-refractivity contribution in [2.75, 3.05) is 23.3 Å². The molecule has 0 atom stereocenters. The molecule has 4 rings (SSSR count). The van der Waals surface area contributed by atoms with Gasteiger partial charge in [0.15, 0.2) is 0 Å². The smallest absolute Gasteiger partial charge is 0.264 e. The molecule has 0 radical (unpaired) electrons. The SMILES string of the molecule is COc1ccc(CCC(=O)Nc2ccc3c(c2)CCCN3S(=O)(=O)c2ccc(F)cc2)cc1. The van der Waals surface area contributed by atoms with Crippen molar-refractivity contribution in [1.82, 2.24) is 0 Å². The molecule has 1 amide bonds. The van der Waals surface area contributed by atoms with Crippen LogP contribution < -0.4 is 14.4 Å². The van der Waals surface area contributed by atoms with E-state index in [2.05, 4.69) is 5.32 Å². The molecule has 172 valence electrons. The number of fused-ring (bicyclic) bond motifs is 1. The molecule has 3 aromatic rings. The van der Waals surface area contributed by atoms with Crippen LogP contribution in [0.25, 0.3) is 0 Å². The number of nitrogens with zero attached hydrogens (tertiary/aromatic N) is 1. The summed E-state index contributed by atoms with van der Waals surface area (Å²) in [7, 11) is -2.19. The minimum absolute atomic E-state index is 0.0488. The molecule has 0 fully saturated rings. The molecule has 0 aliphatic carbocycles. The van der Waals surface area contributed by atoms with Crippen molar-refractivity contribution in [2.24, 2.45) is 0 Å². The Bertz CT molecular complexity index is 1240. The number of benzene rings is 3. The first kappa shape index (κ1) is 22.8. The summed E-state index contributed by atoms with van der Waals surface area (Å²) in [4.78, 5) is 12.5. The van der Waals surface area contributed by atoms with Gasteiger partial charge < -0.3 is 10.1 Å². The van der Waals surface area contributed by atoms with Gasteiger partial charge in [0, 0.05) is 18.7 Å². The number of halogens is 1. The van der Waals surface area contributed by atoms with Crippen LogP contribution in [-0.4, -0.2) is 28.0 Å². The van der Waals surface area contributed by atoms with Gasteiger partial charge in [-0.15, -0.1) is 0 Å². The van der Waals surface area contributed by atoms with Crippen LogP contribution in [0, 0.1) is 5.82 Å². The first-order valence-electron chi connectivity index (χ1n) is 10.7. The summed E-state index contributed by atoms with van der Waals surface area (Å²) in [5.74, 6) is 0.172. The molecular formula is C25H25FN2O4S. The molecule has 0 saturated carbocycles. The van der Waals surface area contributed by atoms with E-state index in [0.29, 0.717) is 43.6 Å². The number of hydrogen-bond donors (Lipinski definition) is 1. The van der Waals surface area contributed by atoms with E-state index in [9.17, 15) is 17.6 Å². The topological polar surface area (TPSA) is 75.7 Å². The molecular weight excluding hydrogens is 443 g/mol. The highest BCUT2D eigenvalue weighted by Crippen LogP contribution is 2.34. The number of carbonyl (C=O) groups is 1. The average Bonchev–Trinajstić information content (AvgIpc) is 2.83. The van der Waals surface area contributed by atoms with Crippen molar-refractivity contribution in [3.05, 3.63) is 83.7 Å². The van der Waals surface area contributed by atoms with Crippen LogP contribution in [0.15, 0.2) is 71.6 Å². The van der Waals surface area contributed by atoms with Crippen LogP contribution in [0.5, 0.6) is 5.75 Å². The molecule has 0 bridgehead atoms. The number of methoxy groups -OCH3 is 1. The molecule has 1 aliphatic heterocycles. The van der Waals surface area contributed by atoms with Gasteiger partial charge in [-0.1, -0.05) is 12.1 Å². The van der Waals surface area contributed by atoms with Crippen molar-refractivity contribution in [3.63, 3.8) is 0 Å². The van der Waals surface area contributed by atoms with Gasteiger partial charge in [0.05, 0.1) is 17.7 Å². The number of ether oxygens (including phenoxy) is 1. The van der Waals surface area contributed by atoms with Crippen LogP contribution >= 0.6 is 0 Å². The predicted octanol–water partition coefficient (Wildman–Crippen LogP) is 4.55. The van der Waals surface area contributed by atoms with Gasteiger partial charge in [0.2, 0.25) is 5.91 Å². The second-order valence-corrected chi connectivity index (χ2v) is 9.74. The fourth-order valence-electron chi connectivity index (χ4n) is 3.90. The Balaban J connectivity index is 1.45. The van der Waals surface area contributed by atoms with Gasteiger partial charge in [-0.25, -0.2) is 12.8 Å². The van der Waals surface area contributed by atoms with Gasteiger partial charge in [-0.3, -0.25) is 9.10 Å². The van der Waals surface area contributed by atoms with E-state index in [0.717, 1.165) is 29.0 Å². The van der Waals surface area contributed by atoms with Crippen molar-refractivity contribution in [3.8, 4) is 5.75 Å². The zero-order valence-corrected chi connectivity index (χ0v) is 19.1. The third kappa shape index (κ3) is 5.17. The van der Waals surface area contributed by atoms with E-state index >= 15 is 0 Å². The highest BCUT2D eigenvalue weighted by Gasteiger charge is 2.29. The number of rotatable bonds is 7. The minimum atomic E-state index is -3.80. The number of nitrogens with one attached hydrogen (secondary N) is 1. The summed E-state index contributed by atoms with van der Waals surface area (Å²) >= 11 is 0. The summed E-state index contributed by atoms with van der Waals surface area (Å²) in [6.07, 6.45) is 2.29. The van der Waals surface area contributed by atoms with Crippen LogP contribution in [0.4, 0.5) is 15.8 Å². The molecule has 1 heterocycles. The molecule has 3 aromatic carbocycles. The number of anilines is 2. The van der Waals surface area contributed by atoms with Gasteiger partial charge >= 0.3 is 0 Å². The zero-order chi connectivity index (χ0) is 23.4. The van der Waals surface area contributed by atoms with Crippen LogP contribution in [0.2, 0.25) is 0 Å². The fraction of sp³-hybridized carbons (Fsp3) is 0.240. The van der Waals surface area contributed by atoms with Gasteiger partial charge in [0.1, 0.15) is 11.6 Å². The Hall–Kier alpha value is -3.39. The Morgan fingerprint density at radius 3 is 2.48 bits per heavy atom. The van der Waals surface area contributed by atoms with Crippen LogP contribution in [0.1, 0.15) is 24.0 Å². The molecule has 0 spiro atoms. The highest BCUT2D eigenvalue weighted by atomic mass is 32.2. The molecule has 1 N–H and O–H groups in total. The number of amides is 1. The molecule has 0 unspecified atom stereocenters. The number of aryl methyl sites for hydroxylation is 2. The lowest BCUT2D eigenvalue weighted by atomic mass is 10.0. The van der Waals surface area contributed by atoms with Crippen molar-refractivity contribution < 1.29 is 22.3 Å². The lowest BCUT2D eigenvalue weighted by molar-refractivity contribution is -0.116. The molecule has 0 saturated heterocycles. The van der Waals surface area contributed by atoms with E-state index in [1.54, 1.807) is 19.2 Å². The largest absolute Gasteiger partial charge is 0.497 e. The Labute approximate surface area is 193 Å². The summed E-state index contributed by atoms with van der Waals surface area (Å²) in [5, 5.41) is 2.90. The summed E-state index contributed by atoms with van der Waals surface area (Å²) in [5.41, 5.74) is 3.11. The third-order valence-corrected chi connectivity index (χ3v) is 7.47. The lowest BCUT2D eigenvalue weighted by Gasteiger charge is -2.31. The molecule has 6 nitrogen and oxygen atoms in total. The molecule has 8 heteroatoms. The van der Waals surface area contributed by atoms with E-state index < -0.39 is 15.8 Å². The molecule has 0 aromatic heterocycles. The van der Waals surface area contributed by atoms with E-state index in [4.69, 9.17) is 4.74 Å². The number of sulfonamides is 1. The predicted molar refractivity (Wildman–Crippen MR) is 126 cm³/mol. The van der Waals surface area contributed by atoms with Crippen molar-refractivity contribution in [1.29, 1.82) is 0 Å². The van der Waals surface area contributed by atoms with Crippen molar-refractivity contribution >= 4 is 27.3 Å². The van der Waals surface area contributed by atoms with Crippen molar-refractivity contribution in [2.45, 2.75) is 30.6 Å². The second-order valence-electron chi connectivity index (χ2n) is 7.87. The summed E-state index contributed by atoms with van der Waals surface area (Å²) < 4.78 is 46.0. The van der Waals surface area contributed by atoms with E-state index in [1.165, 1.54) is 16.4 Å². The lowest BCUT2D eigenvalue weighted by Crippen LogP contribution is -2.35. The normalized spacial score (nSPS) is 13.3. The maximum Gasteiger partial charge on any atom is 0.264 e. The van der Waals surface area contributed by atoms with E-state index in [1.807, 2.05) is 30.3 Å². The first-order chi connectivity index (χ1) is 15.9. The Kier molecular flexibility index (Phi) is 6.65. The number of carbonyl (C=O) groups excluding carboxylic acids is 1. The quantitative estimate of drug-likeness (QED) is 0.552. The number of hydrogen-bond acceptors (Lipinski definition) is 4. The maximum absolute atomic E-state index is 13.2. The van der Waals surface area contributed by atoms with E-state index in [-0.39, 0.29) is 10.8 Å². The summed E-state index contributed by atoms with van der Waals surface area (Å²) in [6.45, 7) is 0.347. The zero-order valence-electron chi connectivity index (χ0n) is 18.3. The van der Waals surface area contributed by atoms with Crippen LogP contribution in [-0.2, 0) is 27.7 Å². The Morgan fingerprint density at radius 2 is 1.79 bits per heavy atom. The Morgan fingerprint density at radius 1 is 1.06 bits per heavy atom. The third-order valence-electron chi connectivity index (χ3n) is 5.64. The highest BCUT2D eigenvalue weighted by molar-refractivity contribution is 7.92. The first-order valence-corrected chi connectivity index (χ1v) is 12.1. The summed E-state index contributed by atoms with van der Waals surface area (Å²) in [6, 6.07) is 17.7. The fourth-order valence-corrected chi connectivity index (χ4v) is 5.44. The minimum Gasteiger partial charge on any atom is -0.497 e. The second kappa shape index (κ2) is 9.62. The standard InChI is InChI=1S/C25H25FN2O4S/c1-32-22-10-4-18(5-11-22)6-15-25(29)27-21-9-14-24-19(17-21)3-2-16-28(24)33(30,31)23-12-7-20(26)8-13-23/h4-5,7-14,17H,2-3,6,15-16H2,1H3,(H,27,29). The van der Waals surface area contributed by atoms with Gasteiger partial charge in [-0.05, 0) is 85.0 Å². The monoisotopic (exact) mass is 468 g/mol.